The molecule has 0 saturated carbocycles. The van der Waals surface area contributed by atoms with E-state index in [2.05, 4.69) is 44.7 Å². The Kier molecular flexibility index (Phi) is 3.02. The molecular formula is C6H5LiTe. The van der Waals surface area contributed by atoms with Crippen LogP contribution in [0, 0.1) is 0 Å². The molecule has 0 spiro atoms. The Hall–Kier alpha value is 0.607. The summed E-state index contributed by atoms with van der Waals surface area (Å²) in [4.78, 5) is 0. The summed E-state index contributed by atoms with van der Waals surface area (Å²) >= 11 is 2.45. The normalized spacial score (nSPS) is 9.25. The van der Waals surface area contributed by atoms with Crippen LogP contribution >= 0.6 is 0 Å². The number of hydrogen-bond donors (Lipinski definition) is 0. The Labute approximate surface area is 66.2 Å². The van der Waals surface area contributed by atoms with E-state index in [0.717, 1.165) is 0 Å². The van der Waals surface area contributed by atoms with E-state index in [1.54, 1.807) is 0 Å². The van der Waals surface area contributed by atoms with Gasteiger partial charge in [0.2, 0.25) is 0 Å². The standard InChI is InChI=1S/C6H6Te.Li/c7-6-4-2-1-3-5-6;/h1-5,7H;/q;+1/p-1. The van der Waals surface area contributed by atoms with Gasteiger partial charge in [0.25, 0.3) is 0 Å². The zero-order valence-corrected chi connectivity index (χ0v) is 7.13. The first-order valence-corrected chi connectivity index (χ1v) is 6.02. The van der Waals surface area contributed by atoms with Gasteiger partial charge in [-0.15, -0.1) is 0 Å². The molecular weight excluding hydrogens is 207 g/mol. The maximum atomic E-state index is 2.29. The summed E-state index contributed by atoms with van der Waals surface area (Å²) in [6.45, 7) is 0. The van der Waals surface area contributed by atoms with Crippen molar-refractivity contribution in [1.82, 2.24) is 0 Å². The second kappa shape index (κ2) is 3.60. The predicted molar refractivity (Wildman–Crippen MR) is 37.6 cm³/mol. The van der Waals surface area contributed by atoms with Crippen molar-refractivity contribution in [3.63, 3.8) is 0 Å². The average molecular weight is 212 g/mol. The first-order chi connectivity index (χ1) is 3.93. The molecule has 8 heavy (non-hydrogen) atoms. The third-order valence-electron chi connectivity index (χ3n) is 0.979. The molecule has 0 unspecified atom stereocenters. The van der Waals surface area contributed by atoms with E-state index in [-0.39, 0.29) is 18.3 Å². The van der Waals surface area contributed by atoms with Crippen molar-refractivity contribution in [1.29, 1.82) is 0 Å². The van der Waals surface area contributed by atoms with Gasteiger partial charge in [-0.25, -0.2) is 0 Å². The van der Waals surface area contributed by atoms with Crippen molar-refractivity contribution < 1.29 is 0 Å². The Morgan fingerprint density at radius 2 is 1.75 bits per heavy atom. The van der Waals surface area contributed by atoms with E-state index in [0.29, 0.717) is 0 Å². The van der Waals surface area contributed by atoms with Gasteiger partial charge in [0.05, 0.1) is 0 Å². The van der Waals surface area contributed by atoms with Gasteiger partial charge in [0.1, 0.15) is 0 Å². The molecule has 0 radical (unpaired) electrons. The molecule has 0 atom stereocenters. The first-order valence-electron chi connectivity index (χ1n) is 2.52. The van der Waals surface area contributed by atoms with Crippen LogP contribution in [0.5, 0.6) is 0 Å². The monoisotopic (exact) mass is 214 g/mol. The van der Waals surface area contributed by atoms with Gasteiger partial charge in [0.15, 0.2) is 0 Å². The molecule has 1 rings (SSSR count). The molecule has 0 aromatic heterocycles. The quantitative estimate of drug-likeness (QED) is 0.578. The summed E-state index contributed by atoms with van der Waals surface area (Å²) in [5, 5.41) is 0. The molecule has 0 saturated heterocycles. The van der Waals surface area contributed by atoms with Gasteiger partial charge >= 0.3 is 66.5 Å². The molecule has 0 aliphatic carbocycles. The number of benzene rings is 1. The Morgan fingerprint density at radius 1 is 1.12 bits per heavy atom. The molecule has 1 aromatic rings. The van der Waals surface area contributed by atoms with Crippen molar-refractivity contribution in [2.24, 2.45) is 0 Å². The van der Waals surface area contributed by atoms with Crippen LogP contribution in [0.1, 0.15) is 0 Å². The molecule has 0 fully saturated rings. The van der Waals surface area contributed by atoms with Gasteiger partial charge in [-0.2, -0.15) is 0 Å². The molecule has 0 amide bonds. The first kappa shape index (κ1) is 6.72. The summed E-state index contributed by atoms with van der Waals surface area (Å²) < 4.78 is 1.54. The fraction of sp³-hybridized carbons (Fsp3) is 0. The summed E-state index contributed by atoms with van der Waals surface area (Å²) in [5.74, 6) is 0. The van der Waals surface area contributed by atoms with Crippen LogP contribution in [-0.2, 0) is 0 Å². The maximum absolute atomic E-state index is 2.29. The predicted octanol–water partition coefficient (Wildman–Crippen LogP) is 0.0996. The Balaban J connectivity index is 2.83. The van der Waals surface area contributed by atoms with Crippen molar-refractivity contribution in [3.05, 3.63) is 30.3 Å². The van der Waals surface area contributed by atoms with Crippen LogP contribution in [0.3, 0.4) is 0 Å². The van der Waals surface area contributed by atoms with Crippen LogP contribution in [0.4, 0.5) is 0 Å². The fourth-order valence-electron chi connectivity index (χ4n) is 0.557. The van der Waals surface area contributed by atoms with Crippen LogP contribution in [-0.4, -0.2) is 32.6 Å². The van der Waals surface area contributed by atoms with Crippen molar-refractivity contribution in [3.8, 4) is 0 Å². The van der Waals surface area contributed by atoms with Crippen molar-refractivity contribution in [2.75, 3.05) is 0 Å². The second-order valence-electron chi connectivity index (χ2n) is 1.52. The number of hydrogen-bond acceptors (Lipinski definition) is 0. The Bertz CT molecular complexity index is 150. The summed E-state index contributed by atoms with van der Waals surface area (Å²) in [6, 6.07) is 10.7. The van der Waals surface area contributed by atoms with E-state index in [1.807, 2.05) is 0 Å². The Morgan fingerprint density at radius 3 is 2.12 bits per heavy atom. The van der Waals surface area contributed by atoms with Gasteiger partial charge < -0.3 is 0 Å². The van der Waals surface area contributed by atoms with Gasteiger partial charge in [-0.1, -0.05) is 0 Å². The van der Waals surface area contributed by atoms with Crippen molar-refractivity contribution in [2.45, 2.75) is 0 Å². The summed E-state index contributed by atoms with van der Waals surface area (Å²) in [7, 11) is 0. The van der Waals surface area contributed by atoms with E-state index in [9.17, 15) is 0 Å². The zero-order chi connectivity index (χ0) is 5.82. The van der Waals surface area contributed by atoms with E-state index in [1.165, 1.54) is 3.61 Å². The molecule has 2 heteroatoms. The van der Waals surface area contributed by atoms with Crippen LogP contribution < -0.4 is 3.61 Å². The van der Waals surface area contributed by atoms with Crippen LogP contribution in [0.25, 0.3) is 0 Å². The minimum atomic E-state index is 0.158. The van der Waals surface area contributed by atoms with Gasteiger partial charge in [0, 0.05) is 0 Å². The molecule has 0 N–H and O–H groups in total. The third kappa shape index (κ3) is 1.85. The van der Waals surface area contributed by atoms with Gasteiger partial charge in [-0.05, 0) is 0 Å². The molecule has 36 valence electrons. The van der Waals surface area contributed by atoms with Gasteiger partial charge in [-0.3, -0.25) is 0 Å². The average Bonchev–Trinajstić information content (AvgIpc) is 1.90. The summed E-state index contributed by atoms with van der Waals surface area (Å²) in [6.07, 6.45) is 0. The second-order valence-corrected chi connectivity index (χ2v) is 4.03. The molecule has 0 aliphatic heterocycles. The fourth-order valence-corrected chi connectivity index (χ4v) is 1.78. The van der Waals surface area contributed by atoms with E-state index >= 15 is 0 Å². The van der Waals surface area contributed by atoms with E-state index in [4.69, 9.17) is 0 Å². The van der Waals surface area contributed by atoms with E-state index < -0.39 is 0 Å². The summed E-state index contributed by atoms with van der Waals surface area (Å²) in [5.41, 5.74) is 0. The van der Waals surface area contributed by atoms with Crippen LogP contribution in [0.2, 0.25) is 0 Å². The SMILES string of the molecule is [Li][Te]c1ccccc1. The molecule has 0 heterocycles. The molecule has 0 bridgehead atoms. The molecule has 0 aliphatic rings. The minimum absolute atomic E-state index is 0.158. The topological polar surface area (TPSA) is 0 Å². The molecule has 1 aromatic carbocycles. The number of rotatable bonds is 1. The zero-order valence-electron chi connectivity index (χ0n) is 4.79. The van der Waals surface area contributed by atoms with Crippen molar-refractivity contribution >= 4 is 36.2 Å². The van der Waals surface area contributed by atoms with Crippen LogP contribution in [0.15, 0.2) is 30.3 Å². The third-order valence-corrected chi connectivity index (χ3v) is 3.10. The molecule has 0 nitrogen and oxygen atoms in total.